The van der Waals surface area contributed by atoms with Gasteiger partial charge < -0.3 is 15.9 Å². The largest absolute Gasteiger partial charge is 0.507 e. The molecule has 1 rings (SSSR count). The molecule has 1 unspecified atom stereocenters. The van der Waals surface area contributed by atoms with Crippen molar-refractivity contribution in [2.45, 2.75) is 26.3 Å². The van der Waals surface area contributed by atoms with E-state index in [0.717, 1.165) is 0 Å². The maximum atomic E-state index is 13.4. The van der Waals surface area contributed by atoms with Crippen LogP contribution in [0.15, 0.2) is 6.07 Å². The third-order valence-electron chi connectivity index (χ3n) is 2.55. The van der Waals surface area contributed by atoms with Crippen LogP contribution in [0.5, 0.6) is 5.75 Å². The molecular weight excluding hydrogens is 197 g/mol. The van der Waals surface area contributed by atoms with Crippen molar-refractivity contribution in [2.24, 2.45) is 5.73 Å². The van der Waals surface area contributed by atoms with Gasteiger partial charge in [-0.05, 0) is 37.5 Å². The summed E-state index contributed by atoms with van der Waals surface area (Å²) in [5.41, 5.74) is 6.95. The summed E-state index contributed by atoms with van der Waals surface area (Å²) in [4.78, 5) is 0. The minimum absolute atomic E-state index is 0.0230. The van der Waals surface area contributed by atoms with E-state index in [0.29, 0.717) is 23.1 Å². The van der Waals surface area contributed by atoms with Gasteiger partial charge in [-0.2, -0.15) is 0 Å². The highest BCUT2D eigenvalue weighted by Gasteiger charge is 2.18. The number of benzene rings is 1. The summed E-state index contributed by atoms with van der Waals surface area (Å²) in [6, 6.07) is 0.740. The fourth-order valence-corrected chi connectivity index (χ4v) is 1.62. The van der Waals surface area contributed by atoms with E-state index in [2.05, 4.69) is 0 Å². The molecule has 84 valence electrons. The first-order chi connectivity index (χ1) is 6.99. The predicted octanol–water partition coefficient (Wildman–Crippen LogP) is 1.53. The first kappa shape index (κ1) is 11.9. The van der Waals surface area contributed by atoms with Gasteiger partial charge >= 0.3 is 0 Å². The Balaban J connectivity index is 3.26. The molecule has 0 spiro atoms. The van der Waals surface area contributed by atoms with E-state index in [1.165, 1.54) is 6.07 Å². The number of rotatable bonds is 3. The number of aliphatic hydroxyl groups is 1. The second-order valence-electron chi connectivity index (χ2n) is 3.68. The summed E-state index contributed by atoms with van der Waals surface area (Å²) in [6.45, 7) is 3.10. The number of hydrogen-bond donors (Lipinski definition) is 3. The molecule has 4 N–H and O–H groups in total. The molecule has 0 saturated heterocycles. The first-order valence-corrected chi connectivity index (χ1v) is 4.84. The van der Waals surface area contributed by atoms with E-state index >= 15 is 0 Å². The quantitative estimate of drug-likeness (QED) is 0.713. The number of hydrogen-bond acceptors (Lipinski definition) is 3. The molecule has 0 aliphatic carbocycles. The zero-order valence-electron chi connectivity index (χ0n) is 8.92. The zero-order valence-corrected chi connectivity index (χ0v) is 8.92. The molecule has 0 aliphatic rings. The Labute approximate surface area is 88.4 Å². The van der Waals surface area contributed by atoms with Gasteiger partial charge in [-0.1, -0.05) is 0 Å². The molecule has 0 aromatic heterocycles. The lowest BCUT2D eigenvalue weighted by Gasteiger charge is -2.17. The van der Waals surface area contributed by atoms with Crippen molar-refractivity contribution in [2.75, 3.05) is 6.61 Å². The number of phenolic OH excluding ortho intramolecular Hbond substituents is 1. The molecule has 4 heteroatoms. The maximum absolute atomic E-state index is 13.4. The zero-order chi connectivity index (χ0) is 11.6. The van der Waals surface area contributed by atoms with Gasteiger partial charge in [0.15, 0.2) is 0 Å². The van der Waals surface area contributed by atoms with Gasteiger partial charge in [-0.25, -0.2) is 4.39 Å². The summed E-state index contributed by atoms with van der Waals surface area (Å²) >= 11 is 0. The third-order valence-corrected chi connectivity index (χ3v) is 2.55. The average molecular weight is 213 g/mol. The predicted molar refractivity (Wildman–Crippen MR) is 56.2 cm³/mol. The summed E-state index contributed by atoms with van der Waals surface area (Å²) in [7, 11) is 0. The molecular formula is C11H16FNO2. The number of aromatic hydroxyl groups is 1. The van der Waals surface area contributed by atoms with Crippen molar-refractivity contribution in [3.63, 3.8) is 0 Å². The average Bonchev–Trinajstić information content (AvgIpc) is 2.16. The monoisotopic (exact) mass is 213 g/mol. The number of phenols is 1. The topological polar surface area (TPSA) is 66.5 Å². The fourth-order valence-electron chi connectivity index (χ4n) is 1.62. The van der Waals surface area contributed by atoms with Gasteiger partial charge in [0.05, 0.1) is 0 Å². The van der Waals surface area contributed by atoms with E-state index in [9.17, 15) is 9.50 Å². The highest BCUT2D eigenvalue weighted by molar-refractivity contribution is 5.47. The van der Waals surface area contributed by atoms with Crippen LogP contribution in [0.2, 0.25) is 0 Å². The van der Waals surface area contributed by atoms with Crippen LogP contribution < -0.4 is 5.73 Å². The van der Waals surface area contributed by atoms with Crippen LogP contribution in [-0.2, 0) is 0 Å². The van der Waals surface area contributed by atoms with E-state index in [1.807, 2.05) is 0 Å². The molecule has 3 nitrogen and oxygen atoms in total. The Morgan fingerprint density at radius 2 is 2.07 bits per heavy atom. The maximum Gasteiger partial charge on any atom is 0.126 e. The Kier molecular flexibility index (Phi) is 3.66. The second kappa shape index (κ2) is 4.59. The molecule has 0 radical (unpaired) electrons. The smallest absolute Gasteiger partial charge is 0.126 e. The Morgan fingerprint density at radius 3 is 2.60 bits per heavy atom. The molecule has 0 heterocycles. The van der Waals surface area contributed by atoms with Crippen LogP contribution in [0, 0.1) is 19.7 Å². The summed E-state index contributed by atoms with van der Waals surface area (Å²) < 4.78 is 13.4. The molecule has 1 aromatic carbocycles. The molecule has 0 amide bonds. The van der Waals surface area contributed by atoms with Crippen LogP contribution in [0.25, 0.3) is 0 Å². The number of nitrogens with two attached hydrogens (primary N) is 1. The van der Waals surface area contributed by atoms with Gasteiger partial charge in [-0.15, -0.1) is 0 Å². The van der Waals surface area contributed by atoms with E-state index in [1.54, 1.807) is 13.8 Å². The SMILES string of the molecule is Cc1cc(F)c(C)c(C(N)CCO)c1O. The van der Waals surface area contributed by atoms with Crippen molar-refractivity contribution in [3.05, 3.63) is 28.6 Å². The van der Waals surface area contributed by atoms with Crippen LogP contribution >= 0.6 is 0 Å². The summed E-state index contributed by atoms with van der Waals surface area (Å²) in [5, 5.41) is 18.5. The third kappa shape index (κ3) is 2.27. The van der Waals surface area contributed by atoms with Gasteiger partial charge in [0.1, 0.15) is 11.6 Å². The van der Waals surface area contributed by atoms with Crippen molar-refractivity contribution >= 4 is 0 Å². The number of aliphatic hydroxyl groups excluding tert-OH is 1. The van der Waals surface area contributed by atoms with Crippen molar-refractivity contribution < 1.29 is 14.6 Å². The van der Waals surface area contributed by atoms with Gasteiger partial charge in [-0.3, -0.25) is 0 Å². The lowest BCUT2D eigenvalue weighted by atomic mass is 9.95. The van der Waals surface area contributed by atoms with E-state index in [-0.39, 0.29) is 18.2 Å². The summed E-state index contributed by atoms with van der Waals surface area (Å²) in [6.07, 6.45) is 0.303. The Bertz CT molecular complexity index is 340. The Hall–Kier alpha value is -1.13. The van der Waals surface area contributed by atoms with E-state index in [4.69, 9.17) is 10.8 Å². The molecule has 0 bridgehead atoms. The van der Waals surface area contributed by atoms with Crippen molar-refractivity contribution in [3.8, 4) is 5.75 Å². The number of halogens is 1. The lowest BCUT2D eigenvalue weighted by Crippen LogP contribution is -2.14. The minimum atomic E-state index is -0.538. The number of aryl methyl sites for hydroxylation is 1. The van der Waals surface area contributed by atoms with Crippen LogP contribution in [0.1, 0.15) is 29.2 Å². The molecule has 0 fully saturated rings. The van der Waals surface area contributed by atoms with Crippen LogP contribution in [0.4, 0.5) is 4.39 Å². The fraction of sp³-hybridized carbons (Fsp3) is 0.455. The van der Waals surface area contributed by atoms with Gasteiger partial charge in [0.25, 0.3) is 0 Å². The molecule has 0 aliphatic heterocycles. The standard InChI is InChI=1S/C11H16FNO2/c1-6-5-8(12)7(2)10(11(6)15)9(13)3-4-14/h5,9,14-15H,3-4,13H2,1-2H3. The molecule has 15 heavy (non-hydrogen) atoms. The Morgan fingerprint density at radius 1 is 1.47 bits per heavy atom. The normalized spacial score (nSPS) is 12.9. The summed E-state index contributed by atoms with van der Waals surface area (Å²) in [5.74, 6) is -0.358. The molecule has 0 saturated carbocycles. The van der Waals surface area contributed by atoms with Gasteiger partial charge in [0, 0.05) is 18.2 Å². The molecule has 1 atom stereocenters. The molecule has 1 aromatic rings. The van der Waals surface area contributed by atoms with Gasteiger partial charge in [0.2, 0.25) is 0 Å². The highest BCUT2D eigenvalue weighted by atomic mass is 19.1. The van der Waals surface area contributed by atoms with Crippen LogP contribution in [-0.4, -0.2) is 16.8 Å². The van der Waals surface area contributed by atoms with Crippen LogP contribution in [0.3, 0.4) is 0 Å². The van der Waals surface area contributed by atoms with Crippen molar-refractivity contribution in [1.82, 2.24) is 0 Å². The van der Waals surface area contributed by atoms with E-state index < -0.39 is 6.04 Å². The lowest BCUT2D eigenvalue weighted by molar-refractivity contribution is 0.275. The highest BCUT2D eigenvalue weighted by Crippen LogP contribution is 2.32. The van der Waals surface area contributed by atoms with Crippen molar-refractivity contribution in [1.29, 1.82) is 0 Å². The minimum Gasteiger partial charge on any atom is -0.507 e. The second-order valence-corrected chi connectivity index (χ2v) is 3.68. The first-order valence-electron chi connectivity index (χ1n) is 4.84.